The van der Waals surface area contributed by atoms with E-state index < -0.39 is 17.7 Å². The van der Waals surface area contributed by atoms with E-state index in [0.29, 0.717) is 6.20 Å². The lowest BCUT2D eigenvalue weighted by molar-refractivity contribution is -0.137. The number of carbonyl (C=O) groups is 1. The molecule has 2 aromatic rings. The molecule has 6 nitrogen and oxygen atoms in total. The molecule has 0 spiro atoms. The van der Waals surface area contributed by atoms with Gasteiger partial charge in [-0.05, 0) is 19.1 Å². The molecule has 2 aromatic heterocycles. The number of carbonyl (C=O) groups excluding carboxylic acids is 1. The second-order valence-electron chi connectivity index (χ2n) is 4.15. The van der Waals surface area contributed by atoms with Gasteiger partial charge in [0.05, 0.1) is 12.2 Å². The summed E-state index contributed by atoms with van der Waals surface area (Å²) in [6.45, 7) is 1.78. The van der Waals surface area contributed by atoms with Crippen molar-refractivity contribution in [2.45, 2.75) is 13.1 Å². The Labute approximate surface area is 123 Å². The van der Waals surface area contributed by atoms with Gasteiger partial charge in [0.25, 0.3) is 0 Å². The number of anilines is 1. The number of nitrogens with two attached hydrogens (primary N) is 1. The van der Waals surface area contributed by atoms with E-state index in [4.69, 9.17) is 10.5 Å². The molecule has 0 saturated heterocycles. The van der Waals surface area contributed by atoms with Crippen LogP contribution in [0.1, 0.15) is 23.0 Å². The maximum Gasteiger partial charge on any atom is 0.417 e. The van der Waals surface area contributed by atoms with E-state index in [2.05, 4.69) is 15.0 Å². The van der Waals surface area contributed by atoms with Crippen LogP contribution in [0.2, 0.25) is 0 Å². The van der Waals surface area contributed by atoms with E-state index in [9.17, 15) is 18.0 Å². The molecule has 2 N–H and O–H groups in total. The number of hydrogen-bond donors (Lipinski definition) is 1. The fourth-order valence-corrected chi connectivity index (χ4v) is 1.58. The van der Waals surface area contributed by atoms with Crippen LogP contribution in [0.5, 0.6) is 0 Å². The topological polar surface area (TPSA) is 91.0 Å². The number of alkyl halides is 3. The Morgan fingerprint density at radius 1 is 1.32 bits per heavy atom. The number of ether oxygens (including phenoxy) is 1. The molecule has 0 fully saturated rings. The van der Waals surface area contributed by atoms with Gasteiger partial charge in [0.1, 0.15) is 11.5 Å². The highest BCUT2D eigenvalue weighted by Gasteiger charge is 2.30. The van der Waals surface area contributed by atoms with Crippen molar-refractivity contribution in [3.8, 4) is 11.5 Å². The predicted molar refractivity (Wildman–Crippen MR) is 70.6 cm³/mol. The summed E-state index contributed by atoms with van der Waals surface area (Å²) in [5, 5.41) is 0. The van der Waals surface area contributed by atoms with Gasteiger partial charge in [-0.3, -0.25) is 4.98 Å². The van der Waals surface area contributed by atoms with E-state index in [-0.39, 0.29) is 29.6 Å². The summed E-state index contributed by atoms with van der Waals surface area (Å²) < 4.78 is 42.2. The summed E-state index contributed by atoms with van der Waals surface area (Å²) >= 11 is 0. The van der Waals surface area contributed by atoms with E-state index in [1.807, 2.05) is 0 Å². The van der Waals surface area contributed by atoms with Gasteiger partial charge in [0, 0.05) is 12.3 Å². The van der Waals surface area contributed by atoms with Gasteiger partial charge in [-0.25, -0.2) is 14.8 Å². The van der Waals surface area contributed by atoms with E-state index in [0.717, 1.165) is 12.1 Å². The van der Waals surface area contributed by atoms with Crippen LogP contribution < -0.4 is 5.73 Å². The summed E-state index contributed by atoms with van der Waals surface area (Å²) in [6.07, 6.45) is -3.83. The lowest BCUT2D eigenvalue weighted by Crippen LogP contribution is -2.10. The van der Waals surface area contributed by atoms with Gasteiger partial charge < -0.3 is 10.5 Å². The highest BCUT2D eigenvalue weighted by atomic mass is 19.4. The first kappa shape index (κ1) is 15.7. The fourth-order valence-electron chi connectivity index (χ4n) is 1.58. The van der Waals surface area contributed by atoms with Crippen molar-refractivity contribution in [3.63, 3.8) is 0 Å². The monoisotopic (exact) mass is 312 g/mol. The number of hydrogen-bond acceptors (Lipinski definition) is 6. The molecule has 9 heteroatoms. The minimum Gasteiger partial charge on any atom is -0.461 e. The second kappa shape index (κ2) is 5.96. The molecule has 0 bridgehead atoms. The Morgan fingerprint density at radius 3 is 2.59 bits per heavy atom. The highest BCUT2D eigenvalue weighted by Crippen LogP contribution is 2.29. The van der Waals surface area contributed by atoms with E-state index in [1.54, 1.807) is 6.92 Å². The predicted octanol–water partition coefficient (Wildman–Crippen LogP) is 2.32. The lowest BCUT2D eigenvalue weighted by atomic mass is 10.2. The third kappa shape index (κ3) is 3.48. The molecule has 22 heavy (non-hydrogen) atoms. The Hall–Kier alpha value is -2.71. The van der Waals surface area contributed by atoms with Gasteiger partial charge >= 0.3 is 12.1 Å². The van der Waals surface area contributed by atoms with Crippen LogP contribution in [0.25, 0.3) is 11.5 Å². The summed E-state index contributed by atoms with van der Waals surface area (Å²) in [5.74, 6) is -0.781. The van der Waals surface area contributed by atoms with Crippen LogP contribution >= 0.6 is 0 Å². The van der Waals surface area contributed by atoms with Gasteiger partial charge in [-0.2, -0.15) is 13.2 Å². The first-order valence-electron chi connectivity index (χ1n) is 6.16. The van der Waals surface area contributed by atoms with Gasteiger partial charge in [0.15, 0.2) is 11.5 Å². The Kier molecular flexibility index (Phi) is 4.25. The molecule has 0 amide bonds. The van der Waals surface area contributed by atoms with Crippen LogP contribution in [0.15, 0.2) is 24.4 Å². The number of aromatic nitrogens is 3. The molecular weight excluding hydrogens is 301 g/mol. The average molecular weight is 312 g/mol. The molecule has 0 aliphatic carbocycles. The third-order valence-corrected chi connectivity index (χ3v) is 2.55. The molecule has 0 atom stereocenters. The lowest BCUT2D eigenvalue weighted by Gasteiger charge is -2.07. The Bertz CT molecular complexity index is 687. The molecule has 0 aromatic carbocycles. The molecule has 0 saturated carbocycles. The van der Waals surface area contributed by atoms with E-state index >= 15 is 0 Å². The van der Waals surface area contributed by atoms with Crippen LogP contribution in [0.3, 0.4) is 0 Å². The number of nitrogens with zero attached hydrogens (tertiary/aromatic N) is 3. The first-order valence-corrected chi connectivity index (χ1v) is 6.16. The van der Waals surface area contributed by atoms with Gasteiger partial charge in [-0.1, -0.05) is 0 Å². The van der Waals surface area contributed by atoms with Crippen molar-refractivity contribution < 1.29 is 22.7 Å². The molecule has 0 aliphatic heterocycles. The number of rotatable bonds is 3. The first-order chi connectivity index (χ1) is 10.3. The Balaban J connectivity index is 2.38. The van der Waals surface area contributed by atoms with Crippen molar-refractivity contribution in [2.24, 2.45) is 0 Å². The molecular formula is C13H11F3N4O2. The zero-order chi connectivity index (χ0) is 16.3. The fraction of sp³-hybridized carbons (Fsp3) is 0.231. The zero-order valence-corrected chi connectivity index (χ0v) is 11.4. The standard InChI is InChI=1S/C13H11F3N4O2/c1-2-22-12(21)9-5-10(17)20-11(19-9)8-4-3-7(6-18-8)13(14,15)16/h3-6H,2H2,1H3,(H2,17,19,20). The quantitative estimate of drug-likeness (QED) is 0.875. The summed E-state index contributed by atoms with van der Waals surface area (Å²) in [5.41, 5.74) is 4.64. The molecule has 116 valence electrons. The molecule has 2 rings (SSSR count). The molecule has 2 heterocycles. The van der Waals surface area contributed by atoms with Crippen molar-refractivity contribution in [2.75, 3.05) is 12.3 Å². The van der Waals surface area contributed by atoms with Crippen molar-refractivity contribution >= 4 is 11.8 Å². The van der Waals surface area contributed by atoms with Crippen LogP contribution in [0.4, 0.5) is 19.0 Å². The minimum atomic E-state index is -4.49. The van der Waals surface area contributed by atoms with Crippen LogP contribution in [-0.4, -0.2) is 27.5 Å². The smallest absolute Gasteiger partial charge is 0.417 e. The van der Waals surface area contributed by atoms with Crippen molar-refractivity contribution in [1.29, 1.82) is 0 Å². The van der Waals surface area contributed by atoms with Crippen LogP contribution in [-0.2, 0) is 10.9 Å². The molecule has 0 aliphatic rings. The summed E-state index contributed by atoms with van der Waals surface area (Å²) in [7, 11) is 0. The van der Waals surface area contributed by atoms with Crippen molar-refractivity contribution in [1.82, 2.24) is 15.0 Å². The number of halogens is 3. The number of nitrogen functional groups attached to an aromatic ring is 1. The Morgan fingerprint density at radius 2 is 2.05 bits per heavy atom. The average Bonchev–Trinajstić information content (AvgIpc) is 2.46. The second-order valence-corrected chi connectivity index (χ2v) is 4.15. The maximum atomic E-state index is 12.5. The van der Waals surface area contributed by atoms with Crippen molar-refractivity contribution in [3.05, 3.63) is 35.7 Å². The van der Waals surface area contributed by atoms with E-state index in [1.165, 1.54) is 6.07 Å². The van der Waals surface area contributed by atoms with Gasteiger partial charge in [-0.15, -0.1) is 0 Å². The van der Waals surface area contributed by atoms with Crippen LogP contribution in [0, 0.1) is 0 Å². The zero-order valence-electron chi connectivity index (χ0n) is 11.4. The minimum absolute atomic E-state index is 0.0187. The third-order valence-electron chi connectivity index (χ3n) is 2.55. The maximum absolute atomic E-state index is 12.5. The number of pyridine rings is 1. The SMILES string of the molecule is CCOC(=O)c1cc(N)nc(-c2ccc(C(F)(F)F)cn2)n1. The highest BCUT2D eigenvalue weighted by molar-refractivity contribution is 5.88. The molecule has 0 unspecified atom stereocenters. The largest absolute Gasteiger partial charge is 0.461 e. The summed E-state index contributed by atoms with van der Waals surface area (Å²) in [6, 6.07) is 3.16. The van der Waals surface area contributed by atoms with Gasteiger partial charge in [0.2, 0.25) is 0 Å². The summed E-state index contributed by atoms with van der Waals surface area (Å²) in [4.78, 5) is 23.0. The molecule has 0 radical (unpaired) electrons. The number of esters is 1. The normalized spacial score (nSPS) is 11.3.